The van der Waals surface area contributed by atoms with Crippen molar-refractivity contribution in [1.29, 1.82) is 0 Å². The molecule has 1 aliphatic heterocycles. The Morgan fingerprint density at radius 1 is 0.953 bits per heavy atom. The number of carbonyl (C=O) groups is 4. The zero-order chi connectivity index (χ0) is 32.1. The predicted octanol–water partition coefficient (Wildman–Crippen LogP) is 6.55. The van der Waals surface area contributed by atoms with Gasteiger partial charge in [-0.1, -0.05) is 77.3 Å². The maximum absolute atomic E-state index is 13.8. The van der Waals surface area contributed by atoms with E-state index in [1.165, 1.54) is 24.0 Å². The highest BCUT2D eigenvalue weighted by Crippen LogP contribution is 2.42. The van der Waals surface area contributed by atoms with Crippen LogP contribution in [0.3, 0.4) is 0 Å². The summed E-state index contributed by atoms with van der Waals surface area (Å²) in [6.45, 7) is 8.83. The standard InChI is InChI=1S/C30H36F3N3O3.C2H5NO/c1-19(2)23-12-9-13-24(20(3)4)26(23)34-25(37)18-35-27(38)29(14-6-5-7-15-29)36(28(35)39)17-21-10-8-11-22(16-21)30(31,32)33;1-2(3)4/h8-13,16,19-20H,5-7,14-15,17-18H2,1-4H3,(H,34,37);1H3,(H2,3,4). The molecule has 0 unspecified atom stereocenters. The van der Waals surface area contributed by atoms with E-state index in [0.717, 1.165) is 47.4 Å². The van der Waals surface area contributed by atoms with Gasteiger partial charge < -0.3 is 16.0 Å². The molecule has 1 heterocycles. The summed E-state index contributed by atoms with van der Waals surface area (Å²) in [6, 6.07) is 10.0. The van der Waals surface area contributed by atoms with Crippen LogP contribution < -0.4 is 11.1 Å². The smallest absolute Gasteiger partial charge is 0.370 e. The summed E-state index contributed by atoms with van der Waals surface area (Å²) in [7, 11) is 0. The van der Waals surface area contributed by atoms with Gasteiger partial charge in [0.15, 0.2) is 0 Å². The third kappa shape index (κ3) is 7.74. The van der Waals surface area contributed by atoms with Gasteiger partial charge in [-0.15, -0.1) is 0 Å². The molecular formula is C32H41F3N4O4. The highest BCUT2D eigenvalue weighted by molar-refractivity contribution is 6.10. The molecule has 5 amide bonds. The first-order valence-electron chi connectivity index (χ1n) is 14.6. The molecule has 2 fully saturated rings. The molecule has 2 aromatic carbocycles. The van der Waals surface area contributed by atoms with Crippen molar-refractivity contribution < 1.29 is 32.3 Å². The average Bonchev–Trinajstić information content (AvgIpc) is 3.09. The van der Waals surface area contributed by atoms with Crippen molar-refractivity contribution in [3.63, 3.8) is 0 Å². The van der Waals surface area contributed by atoms with Crippen LogP contribution in [0.4, 0.5) is 23.7 Å². The van der Waals surface area contributed by atoms with E-state index in [1.807, 2.05) is 45.9 Å². The fraction of sp³-hybridized carbons (Fsp3) is 0.500. The van der Waals surface area contributed by atoms with E-state index >= 15 is 0 Å². The lowest BCUT2D eigenvalue weighted by molar-refractivity contribution is -0.138. The van der Waals surface area contributed by atoms with Gasteiger partial charge in [0.1, 0.15) is 12.1 Å². The van der Waals surface area contributed by atoms with Crippen molar-refractivity contribution in [1.82, 2.24) is 9.80 Å². The fourth-order valence-corrected chi connectivity index (χ4v) is 5.81. The molecule has 1 saturated carbocycles. The van der Waals surface area contributed by atoms with Crippen LogP contribution >= 0.6 is 0 Å². The molecule has 11 heteroatoms. The van der Waals surface area contributed by atoms with Crippen LogP contribution in [0.5, 0.6) is 0 Å². The first-order chi connectivity index (χ1) is 20.1. The number of alkyl halides is 3. The number of carbonyl (C=O) groups excluding carboxylic acids is 4. The van der Waals surface area contributed by atoms with Crippen molar-refractivity contribution in [2.24, 2.45) is 5.73 Å². The summed E-state index contributed by atoms with van der Waals surface area (Å²) in [6.07, 6.45) is -1.33. The lowest BCUT2D eigenvalue weighted by atomic mass is 9.80. The highest BCUT2D eigenvalue weighted by Gasteiger charge is 2.57. The Balaban J connectivity index is 0.00000119. The number of nitrogens with one attached hydrogen (secondary N) is 1. The summed E-state index contributed by atoms with van der Waals surface area (Å²) >= 11 is 0. The second kappa shape index (κ2) is 13.6. The SMILES string of the molecule is CC(C)c1cccc(C(C)C)c1NC(=O)CN1C(=O)N(Cc2cccc(C(F)(F)F)c2)C2(CCCCC2)C1=O.CC(N)=O. The Morgan fingerprint density at radius 2 is 1.49 bits per heavy atom. The number of anilines is 1. The molecule has 3 N–H and O–H groups in total. The van der Waals surface area contributed by atoms with Crippen molar-refractivity contribution in [3.8, 4) is 0 Å². The van der Waals surface area contributed by atoms with Crippen LogP contribution in [0.15, 0.2) is 42.5 Å². The van der Waals surface area contributed by atoms with Gasteiger partial charge in [-0.25, -0.2) is 4.79 Å². The average molecular weight is 603 g/mol. The van der Waals surface area contributed by atoms with Crippen molar-refractivity contribution in [3.05, 3.63) is 64.7 Å². The molecule has 4 rings (SSSR count). The molecule has 0 atom stereocenters. The summed E-state index contributed by atoms with van der Waals surface area (Å²) in [5.74, 6) is -0.987. The zero-order valence-electron chi connectivity index (χ0n) is 25.4. The van der Waals surface area contributed by atoms with Crippen molar-refractivity contribution in [2.75, 3.05) is 11.9 Å². The van der Waals surface area contributed by atoms with E-state index < -0.39 is 41.7 Å². The summed E-state index contributed by atoms with van der Waals surface area (Å²) in [5, 5.41) is 2.96. The minimum absolute atomic E-state index is 0.139. The number of imide groups is 1. The number of rotatable bonds is 7. The number of benzene rings is 2. The van der Waals surface area contributed by atoms with Gasteiger partial charge in [0.05, 0.1) is 5.56 Å². The Morgan fingerprint density at radius 3 is 2.00 bits per heavy atom. The van der Waals surface area contributed by atoms with Crippen molar-refractivity contribution in [2.45, 2.75) is 96.8 Å². The van der Waals surface area contributed by atoms with E-state index in [2.05, 4.69) is 11.1 Å². The third-order valence-corrected chi connectivity index (χ3v) is 7.84. The number of primary amides is 1. The normalized spacial score (nSPS) is 16.5. The van der Waals surface area contributed by atoms with Crippen LogP contribution in [0.25, 0.3) is 0 Å². The number of amides is 5. The molecule has 0 radical (unpaired) electrons. The highest BCUT2D eigenvalue weighted by atomic mass is 19.4. The van der Waals surface area contributed by atoms with Gasteiger partial charge in [0, 0.05) is 19.2 Å². The fourth-order valence-electron chi connectivity index (χ4n) is 5.81. The zero-order valence-corrected chi connectivity index (χ0v) is 25.4. The molecule has 1 aliphatic carbocycles. The molecule has 1 saturated heterocycles. The van der Waals surface area contributed by atoms with Crippen LogP contribution in [0, 0.1) is 0 Å². The van der Waals surface area contributed by atoms with Gasteiger partial charge in [-0.3, -0.25) is 19.3 Å². The summed E-state index contributed by atoms with van der Waals surface area (Å²) in [5.41, 5.74) is 5.42. The van der Waals surface area contributed by atoms with Gasteiger partial charge >= 0.3 is 12.2 Å². The van der Waals surface area contributed by atoms with E-state index in [1.54, 1.807) is 0 Å². The Bertz CT molecular complexity index is 1320. The number of nitrogens with zero attached hydrogens (tertiary/aromatic N) is 2. The lowest BCUT2D eigenvalue weighted by Crippen LogP contribution is -2.50. The molecule has 2 aromatic rings. The van der Waals surface area contributed by atoms with Crippen LogP contribution in [0.2, 0.25) is 0 Å². The summed E-state index contributed by atoms with van der Waals surface area (Å²) < 4.78 is 40.0. The quantitative estimate of drug-likeness (QED) is 0.350. The van der Waals surface area contributed by atoms with E-state index in [0.29, 0.717) is 18.5 Å². The predicted molar refractivity (Wildman–Crippen MR) is 158 cm³/mol. The monoisotopic (exact) mass is 602 g/mol. The first kappa shape index (κ1) is 33.6. The number of hydrogen-bond acceptors (Lipinski definition) is 4. The maximum atomic E-state index is 13.8. The van der Waals surface area contributed by atoms with Gasteiger partial charge in [0.2, 0.25) is 11.8 Å². The van der Waals surface area contributed by atoms with Crippen molar-refractivity contribution >= 4 is 29.4 Å². The van der Waals surface area contributed by atoms with Gasteiger partial charge in [0.25, 0.3) is 5.91 Å². The van der Waals surface area contributed by atoms with Crippen LogP contribution in [0.1, 0.15) is 101 Å². The second-order valence-electron chi connectivity index (χ2n) is 11.8. The third-order valence-electron chi connectivity index (χ3n) is 7.84. The Hall–Kier alpha value is -3.89. The summed E-state index contributed by atoms with van der Waals surface area (Å²) in [4.78, 5) is 52.3. The first-order valence-corrected chi connectivity index (χ1v) is 14.6. The molecule has 0 bridgehead atoms. The van der Waals surface area contributed by atoms with Crippen LogP contribution in [-0.2, 0) is 27.1 Å². The number of halogens is 3. The molecule has 2 aliphatic rings. The van der Waals surface area contributed by atoms with Gasteiger partial charge in [-0.05, 0) is 53.5 Å². The maximum Gasteiger partial charge on any atom is 0.416 e. The van der Waals surface area contributed by atoms with Gasteiger partial charge in [-0.2, -0.15) is 13.2 Å². The molecule has 0 aromatic heterocycles. The Kier molecular flexibility index (Phi) is 10.6. The number of urea groups is 1. The molecule has 1 spiro atoms. The minimum Gasteiger partial charge on any atom is -0.370 e. The minimum atomic E-state index is -4.52. The molecule has 234 valence electrons. The van der Waals surface area contributed by atoms with E-state index in [9.17, 15) is 32.3 Å². The largest absolute Gasteiger partial charge is 0.416 e. The Labute approximate surface area is 250 Å². The second-order valence-corrected chi connectivity index (χ2v) is 11.8. The van der Waals surface area contributed by atoms with Crippen LogP contribution in [-0.4, -0.2) is 45.6 Å². The molecular weight excluding hydrogens is 561 g/mol. The van der Waals surface area contributed by atoms with E-state index in [-0.39, 0.29) is 29.9 Å². The van der Waals surface area contributed by atoms with E-state index in [4.69, 9.17) is 0 Å². The number of para-hydroxylation sites is 1. The lowest BCUT2D eigenvalue weighted by Gasteiger charge is -2.38. The number of nitrogens with two attached hydrogens (primary N) is 1. The molecule has 43 heavy (non-hydrogen) atoms. The topological polar surface area (TPSA) is 113 Å². The molecule has 8 nitrogen and oxygen atoms in total. The number of hydrogen-bond donors (Lipinski definition) is 2.